The van der Waals surface area contributed by atoms with Crippen molar-refractivity contribution in [2.75, 3.05) is 19.0 Å². The molecule has 66 valence electrons. The first-order valence-electron chi connectivity index (χ1n) is 4.00. The molecule has 0 radical (unpaired) electrons. The van der Waals surface area contributed by atoms with Crippen molar-refractivity contribution in [2.45, 2.75) is 13.8 Å². The summed E-state index contributed by atoms with van der Waals surface area (Å²) < 4.78 is 0. The number of hydrogen-bond acceptors (Lipinski definition) is 2. The minimum atomic E-state index is 0.373. The fourth-order valence-electron chi connectivity index (χ4n) is 1.27. The molecular weight excluding hydrogens is 150 g/mol. The van der Waals surface area contributed by atoms with Crippen LogP contribution in [0.2, 0.25) is 0 Å². The molecule has 0 bridgehead atoms. The van der Waals surface area contributed by atoms with Crippen LogP contribution >= 0.6 is 0 Å². The molecular formula is C10H15NO. The highest BCUT2D eigenvalue weighted by Crippen LogP contribution is 2.26. The van der Waals surface area contributed by atoms with Gasteiger partial charge in [0.1, 0.15) is 5.75 Å². The van der Waals surface area contributed by atoms with E-state index in [1.54, 1.807) is 6.07 Å². The summed E-state index contributed by atoms with van der Waals surface area (Å²) >= 11 is 0. The van der Waals surface area contributed by atoms with Crippen LogP contribution in [0.4, 0.5) is 5.69 Å². The second-order valence-corrected chi connectivity index (χ2v) is 3.32. The van der Waals surface area contributed by atoms with Crippen molar-refractivity contribution in [3.8, 4) is 5.75 Å². The minimum absolute atomic E-state index is 0.373. The molecule has 0 atom stereocenters. The lowest BCUT2D eigenvalue weighted by atomic mass is 10.1. The summed E-state index contributed by atoms with van der Waals surface area (Å²) in [6, 6.07) is 3.79. The maximum Gasteiger partial charge on any atom is 0.118 e. The van der Waals surface area contributed by atoms with Gasteiger partial charge in [-0.25, -0.2) is 0 Å². The molecule has 0 amide bonds. The number of aryl methyl sites for hydroxylation is 2. The number of aromatic hydroxyl groups is 1. The maximum atomic E-state index is 9.39. The molecule has 0 heterocycles. The van der Waals surface area contributed by atoms with E-state index in [1.165, 1.54) is 0 Å². The molecule has 0 aliphatic carbocycles. The molecule has 0 saturated carbocycles. The van der Waals surface area contributed by atoms with Crippen LogP contribution in [0.5, 0.6) is 5.75 Å². The molecule has 0 aliphatic heterocycles. The zero-order valence-electron chi connectivity index (χ0n) is 8.05. The number of benzene rings is 1. The maximum absolute atomic E-state index is 9.39. The van der Waals surface area contributed by atoms with Gasteiger partial charge in [-0.15, -0.1) is 0 Å². The topological polar surface area (TPSA) is 23.5 Å². The van der Waals surface area contributed by atoms with Crippen LogP contribution in [0.1, 0.15) is 11.1 Å². The van der Waals surface area contributed by atoms with Crippen LogP contribution < -0.4 is 4.90 Å². The summed E-state index contributed by atoms with van der Waals surface area (Å²) in [5.74, 6) is 0.373. The second-order valence-electron chi connectivity index (χ2n) is 3.32. The third kappa shape index (κ3) is 1.52. The Kier molecular flexibility index (Phi) is 2.27. The quantitative estimate of drug-likeness (QED) is 0.688. The molecule has 2 heteroatoms. The van der Waals surface area contributed by atoms with E-state index in [1.807, 2.05) is 38.9 Å². The predicted octanol–water partition coefficient (Wildman–Crippen LogP) is 2.08. The van der Waals surface area contributed by atoms with Crippen molar-refractivity contribution in [2.24, 2.45) is 0 Å². The van der Waals surface area contributed by atoms with Gasteiger partial charge in [-0.1, -0.05) is 0 Å². The number of nitrogens with zero attached hydrogens (tertiary/aromatic N) is 1. The molecule has 0 unspecified atom stereocenters. The second kappa shape index (κ2) is 3.05. The SMILES string of the molecule is Cc1cc(N(C)C)c(C)cc1O. The van der Waals surface area contributed by atoms with Crippen molar-refractivity contribution in [3.05, 3.63) is 23.3 Å². The summed E-state index contributed by atoms with van der Waals surface area (Å²) in [7, 11) is 4.00. The number of anilines is 1. The largest absolute Gasteiger partial charge is 0.508 e. The zero-order valence-corrected chi connectivity index (χ0v) is 8.05. The first-order valence-corrected chi connectivity index (χ1v) is 4.00. The van der Waals surface area contributed by atoms with Gasteiger partial charge in [0.25, 0.3) is 0 Å². The first-order chi connectivity index (χ1) is 5.52. The molecule has 1 N–H and O–H groups in total. The highest BCUT2D eigenvalue weighted by atomic mass is 16.3. The molecule has 0 fully saturated rings. The van der Waals surface area contributed by atoms with Gasteiger partial charge in [0.2, 0.25) is 0 Å². The van der Waals surface area contributed by atoms with Crippen LogP contribution in [0.25, 0.3) is 0 Å². The highest BCUT2D eigenvalue weighted by molar-refractivity contribution is 5.57. The summed E-state index contributed by atoms with van der Waals surface area (Å²) in [5.41, 5.74) is 3.18. The molecule has 0 aliphatic rings. The molecule has 0 aromatic heterocycles. The van der Waals surface area contributed by atoms with Crippen LogP contribution in [-0.2, 0) is 0 Å². The lowest BCUT2D eigenvalue weighted by Gasteiger charge is -2.16. The highest BCUT2D eigenvalue weighted by Gasteiger charge is 2.03. The van der Waals surface area contributed by atoms with Crippen LogP contribution in [0.15, 0.2) is 12.1 Å². The van der Waals surface area contributed by atoms with Gasteiger partial charge in [-0.05, 0) is 37.1 Å². The van der Waals surface area contributed by atoms with Crippen molar-refractivity contribution < 1.29 is 5.11 Å². The summed E-state index contributed by atoms with van der Waals surface area (Å²) in [5, 5.41) is 9.39. The van der Waals surface area contributed by atoms with Crippen molar-refractivity contribution in [3.63, 3.8) is 0 Å². The lowest BCUT2D eigenvalue weighted by Crippen LogP contribution is -2.10. The Morgan fingerprint density at radius 3 is 2.17 bits per heavy atom. The summed E-state index contributed by atoms with van der Waals surface area (Å²) in [6.45, 7) is 3.90. The summed E-state index contributed by atoms with van der Waals surface area (Å²) in [4.78, 5) is 2.04. The molecule has 1 aromatic carbocycles. The Labute approximate surface area is 73.4 Å². The van der Waals surface area contributed by atoms with Gasteiger partial charge in [-0.2, -0.15) is 0 Å². The van der Waals surface area contributed by atoms with E-state index in [-0.39, 0.29) is 0 Å². The van der Waals surface area contributed by atoms with Gasteiger partial charge in [0.05, 0.1) is 0 Å². The fraction of sp³-hybridized carbons (Fsp3) is 0.400. The zero-order chi connectivity index (χ0) is 9.30. The molecule has 2 nitrogen and oxygen atoms in total. The van der Waals surface area contributed by atoms with E-state index in [0.29, 0.717) is 5.75 Å². The molecule has 1 rings (SSSR count). The number of rotatable bonds is 1. The average molecular weight is 165 g/mol. The van der Waals surface area contributed by atoms with Crippen LogP contribution in [0.3, 0.4) is 0 Å². The third-order valence-corrected chi connectivity index (χ3v) is 2.00. The van der Waals surface area contributed by atoms with Crippen molar-refractivity contribution >= 4 is 5.69 Å². The Morgan fingerprint density at radius 1 is 1.08 bits per heavy atom. The minimum Gasteiger partial charge on any atom is -0.508 e. The van der Waals surface area contributed by atoms with E-state index in [9.17, 15) is 5.11 Å². The van der Waals surface area contributed by atoms with Crippen molar-refractivity contribution in [1.82, 2.24) is 0 Å². The Balaban J connectivity index is 3.23. The Bertz CT molecular complexity index is 292. The first kappa shape index (κ1) is 8.91. The summed E-state index contributed by atoms with van der Waals surface area (Å²) in [6.07, 6.45) is 0. The normalized spacial score (nSPS) is 10.0. The van der Waals surface area contributed by atoms with Gasteiger partial charge in [0.15, 0.2) is 0 Å². The van der Waals surface area contributed by atoms with Crippen LogP contribution in [-0.4, -0.2) is 19.2 Å². The molecule has 1 aromatic rings. The van der Waals surface area contributed by atoms with E-state index in [0.717, 1.165) is 16.8 Å². The van der Waals surface area contributed by atoms with E-state index >= 15 is 0 Å². The third-order valence-electron chi connectivity index (χ3n) is 2.00. The predicted molar refractivity (Wildman–Crippen MR) is 51.9 cm³/mol. The average Bonchev–Trinajstić information content (AvgIpc) is 1.96. The Hall–Kier alpha value is -1.18. The smallest absolute Gasteiger partial charge is 0.118 e. The van der Waals surface area contributed by atoms with Crippen LogP contribution in [0, 0.1) is 13.8 Å². The lowest BCUT2D eigenvalue weighted by molar-refractivity contribution is 0.470. The number of phenols is 1. The van der Waals surface area contributed by atoms with Gasteiger partial charge >= 0.3 is 0 Å². The van der Waals surface area contributed by atoms with E-state index < -0.39 is 0 Å². The van der Waals surface area contributed by atoms with E-state index in [4.69, 9.17) is 0 Å². The monoisotopic (exact) mass is 165 g/mol. The number of phenolic OH excluding ortho intramolecular Hbond substituents is 1. The molecule has 12 heavy (non-hydrogen) atoms. The molecule has 0 saturated heterocycles. The van der Waals surface area contributed by atoms with Gasteiger partial charge in [0, 0.05) is 19.8 Å². The van der Waals surface area contributed by atoms with E-state index in [2.05, 4.69) is 0 Å². The van der Waals surface area contributed by atoms with Gasteiger partial charge < -0.3 is 10.0 Å². The number of hydrogen-bond donors (Lipinski definition) is 1. The fourth-order valence-corrected chi connectivity index (χ4v) is 1.27. The van der Waals surface area contributed by atoms with Gasteiger partial charge in [-0.3, -0.25) is 0 Å². The molecule has 0 spiro atoms. The Morgan fingerprint density at radius 2 is 1.67 bits per heavy atom. The standard InChI is InChI=1S/C10H15NO/c1-7-6-10(12)8(2)5-9(7)11(3)4/h5-6,12H,1-4H3. The van der Waals surface area contributed by atoms with Crippen molar-refractivity contribution in [1.29, 1.82) is 0 Å².